The zero-order valence-electron chi connectivity index (χ0n) is 14.9. The van der Waals surface area contributed by atoms with Gasteiger partial charge in [0.25, 0.3) is 0 Å². The number of benzene rings is 2. The molecule has 9 heteroatoms. The fourth-order valence-corrected chi connectivity index (χ4v) is 3.83. The van der Waals surface area contributed by atoms with Crippen LogP contribution in [0.3, 0.4) is 0 Å². The Bertz CT molecular complexity index is 1130. The number of hydrogen-bond acceptors (Lipinski definition) is 1. The summed E-state index contributed by atoms with van der Waals surface area (Å²) in [5.41, 5.74) is -6.43. The maximum absolute atomic E-state index is 15.1. The van der Waals surface area contributed by atoms with Crippen molar-refractivity contribution in [1.29, 1.82) is 0 Å². The molecular weight excluding hydrogens is 418 g/mol. The van der Waals surface area contributed by atoms with E-state index in [-0.39, 0.29) is 29.7 Å². The number of alkyl halides is 6. The van der Waals surface area contributed by atoms with Crippen molar-refractivity contribution in [3.05, 3.63) is 76.5 Å². The van der Waals surface area contributed by atoms with Gasteiger partial charge in [-0.25, -0.2) is 8.78 Å². The third-order valence-electron chi connectivity index (χ3n) is 5.01. The first kappa shape index (κ1) is 20.3. The summed E-state index contributed by atoms with van der Waals surface area (Å²) in [7, 11) is 0. The van der Waals surface area contributed by atoms with Crippen LogP contribution < -0.4 is 0 Å². The predicted octanol–water partition coefficient (Wildman–Crippen LogP) is 6.83. The van der Waals surface area contributed by atoms with Crippen LogP contribution in [0.1, 0.15) is 22.3 Å². The van der Waals surface area contributed by atoms with Crippen LogP contribution in [0.5, 0.6) is 0 Å². The second-order valence-corrected chi connectivity index (χ2v) is 6.81. The Morgan fingerprint density at radius 3 is 1.97 bits per heavy atom. The Labute approximate surface area is 165 Å². The van der Waals surface area contributed by atoms with Gasteiger partial charge in [0.1, 0.15) is 17.2 Å². The molecule has 1 aliphatic rings. The lowest BCUT2D eigenvalue weighted by Crippen LogP contribution is -2.20. The number of hydrogen-bond donors (Lipinski definition) is 0. The number of nitrogens with zero attached hydrogens (tertiary/aromatic N) is 1. The Morgan fingerprint density at radius 2 is 1.37 bits per heavy atom. The average molecular weight is 429 g/mol. The Balaban J connectivity index is 2.14. The monoisotopic (exact) mass is 429 g/mol. The molecule has 1 aromatic heterocycles. The van der Waals surface area contributed by atoms with Crippen molar-refractivity contribution in [2.75, 3.05) is 0 Å². The summed E-state index contributed by atoms with van der Waals surface area (Å²) >= 11 is 0. The second-order valence-electron chi connectivity index (χ2n) is 6.81. The highest BCUT2D eigenvalue weighted by Crippen LogP contribution is 2.50. The molecule has 1 nitrogen and oxygen atoms in total. The number of pyridine rings is 1. The quantitative estimate of drug-likeness (QED) is 0.387. The highest BCUT2D eigenvalue weighted by molar-refractivity contribution is 5.83. The van der Waals surface area contributed by atoms with Crippen molar-refractivity contribution >= 4 is 0 Å². The highest BCUT2D eigenvalue weighted by Gasteiger charge is 2.45. The van der Waals surface area contributed by atoms with Crippen LogP contribution in [-0.4, -0.2) is 4.98 Å². The summed E-state index contributed by atoms with van der Waals surface area (Å²) in [6.07, 6.45) is -9.43. The fourth-order valence-electron chi connectivity index (χ4n) is 3.83. The van der Waals surface area contributed by atoms with Crippen LogP contribution in [0.4, 0.5) is 35.1 Å². The van der Waals surface area contributed by atoms with Crippen LogP contribution in [0, 0.1) is 11.6 Å². The molecular formula is C21H11F8N. The molecule has 0 fully saturated rings. The van der Waals surface area contributed by atoms with Crippen LogP contribution >= 0.6 is 0 Å². The van der Waals surface area contributed by atoms with E-state index in [4.69, 9.17) is 0 Å². The maximum Gasteiger partial charge on any atom is 0.419 e. The number of fused-ring (bicyclic) bond motifs is 3. The fraction of sp³-hybridized carbons (Fsp3) is 0.190. The minimum Gasteiger partial charge on any atom is -0.256 e. The van der Waals surface area contributed by atoms with Crippen molar-refractivity contribution in [1.82, 2.24) is 4.98 Å². The third kappa shape index (κ3) is 3.22. The topological polar surface area (TPSA) is 12.9 Å². The van der Waals surface area contributed by atoms with E-state index in [0.29, 0.717) is 6.07 Å². The van der Waals surface area contributed by atoms with E-state index in [2.05, 4.69) is 4.98 Å². The molecule has 4 rings (SSSR count). The van der Waals surface area contributed by atoms with Gasteiger partial charge in [0.2, 0.25) is 0 Å². The first-order valence-electron chi connectivity index (χ1n) is 8.73. The third-order valence-corrected chi connectivity index (χ3v) is 5.01. The minimum atomic E-state index is -5.32. The van der Waals surface area contributed by atoms with Crippen LogP contribution in [0.2, 0.25) is 0 Å². The molecule has 0 unspecified atom stereocenters. The van der Waals surface area contributed by atoms with Gasteiger partial charge in [0, 0.05) is 22.9 Å². The molecule has 0 N–H and O–H groups in total. The van der Waals surface area contributed by atoms with E-state index in [0.717, 1.165) is 12.1 Å². The number of halogens is 8. The van der Waals surface area contributed by atoms with Crippen molar-refractivity contribution < 1.29 is 35.1 Å². The van der Waals surface area contributed by atoms with E-state index >= 15 is 4.39 Å². The van der Waals surface area contributed by atoms with Gasteiger partial charge in [-0.2, -0.15) is 26.3 Å². The largest absolute Gasteiger partial charge is 0.419 e. The van der Waals surface area contributed by atoms with Gasteiger partial charge in [0.05, 0.1) is 11.3 Å². The molecule has 1 aliphatic carbocycles. The molecule has 1 heterocycles. The molecule has 0 spiro atoms. The normalized spacial score (nSPS) is 13.7. The average Bonchev–Trinajstić information content (AvgIpc) is 2.66. The summed E-state index contributed by atoms with van der Waals surface area (Å²) in [6, 6.07) is 6.87. The zero-order chi connectivity index (χ0) is 21.8. The molecule has 0 amide bonds. The lowest BCUT2D eigenvalue weighted by atomic mass is 9.78. The molecule has 0 saturated carbocycles. The van der Waals surface area contributed by atoms with Crippen molar-refractivity contribution in [3.8, 4) is 22.4 Å². The molecule has 0 saturated heterocycles. The Hall–Kier alpha value is -2.97. The van der Waals surface area contributed by atoms with Crippen molar-refractivity contribution in [2.24, 2.45) is 0 Å². The molecule has 0 bridgehead atoms. The minimum absolute atomic E-state index is 0.0454. The SMILES string of the molecule is Fc1ccc2c(c1C(F)(F)F)-c1c(cc(-c3ccccn3)c(F)c1C(F)(F)F)CC2. The molecule has 2 aromatic carbocycles. The molecule has 0 radical (unpaired) electrons. The predicted molar refractivity (Wildman–Crippen MR) is 92.4 cm³/mol. The molecule has 0 atom stereocenters. The lowest BCUT2D eigenvalue weighted by molar-refractivity contribution is -0.142. The summed E-state index contributed by atoms with van der Waals surface area (Å²) < 4.78 is 112. The smallest absolute Gasteiger partial charge is 0.256 e. The van der Waals surface area contributed by atoms with E-state index in [1.165, 1.54) is 24.4 Å². The number of aromatic nitrogens is 1. The standard InChI is InChI=1S/C21H11F8N/c22-13-7-6-10-4-5-11-9-12(14-3-1-2-8-30-14)19(23)18(21(27,28)29)16(11)15(10)17(13)20(24,25)26/h1-3,6-9H,4-5H2. The summed E-state index contributed by atoms with van der Waals surface area (Å²) in [5.74, 6) is -3.46. The van der Waals surface area contributed by atoms with Gasteiger partial charge in [-0.05, 0) is 48.2 Å². The van der Waals surface area contributed by atoms with Crippen LogP contribution in [0.25, 0.3) is 22.4 Å². The molecule has 30 heavy (non-hydrogen) atoms. The Kier molecular flexibility index (Phi) is 4.59. The van der Waals surface area contributed by atoms with Gasteiger partial charge in [-0.15, -0.1) is 0 Å². The molecule has 0 aliphatic heterocycles. The van der Waals surface area contributed by atoms with Crippen LogP contribution in [0.15, 0.2) is 42.6 Å². The van der Waals surface area contributed by atoms with E-state index in [9.17, 15) is 30.7 Å². The highest BCUT2D eigenvalue weighted by atomic mass is 19.4. The lowest BCUT2D eigenvalue weighted by Gasteiger charge is -2.28. The maximum atomic E-state index is 15.1. The Morgan fingerprint density at radius 1 is 0.733 bits per heavy atom. The van der Waals surface area contributed by atoms with Crippen LogP contribution in [-0.2, 0) is 25.2 Å². The van der Waals surface area contributed by atoms with E-state index < -0.39 is 51.8 Å². The van der Waals surface area contributed by atoms with Gasteiger partial charge in [-0.3, -0.25) is 4.98 Å². The summed E-state index contributed by atoms with van der Waals surface area (Å²) in [6.45, 7) is 0. The number of aryl methyl sites for hydroxylation is 2. The zero-order valence-corrected chi connectivity index (χ0v) is 14.9. The first-order chi connectivity index (χ1) is 14.0. The van der Waals surface area contributed by atoms with E-state index in [1.807, 2.05) is 0 Å². The summed E-state index contributed by atoms with van der Waals surface area (Å²) in [4.78, 5) is 3.85. The van der Waals surface area contributed by atoms with Gasteiger partial charge in [0.15, 0.2) is 0 Å². The first-order valence-corrected chi connectivity index (χ1v) is 8.73. The molecule has 3 aromatic rings. The number of rotatable bonds is 1. The molecule has 156 valence electrons. The van der Waals surface area contributed by atoms with Gasteiger partial charge in [-0.1, -0.05) is 12.1 Å². The van der Waals surface area contributed by atoms with E-state index in [1.54, 1.807) is 0 Å². The summed E-state index contributed by atoms with van der Waals surface area (Å²) in [5, 5.41) is 0. The van der Waals surface area contributed by atoms with Gasteiger partial charge >= 0.3 is 12.4 Å². The van der Waals surface area contributed by atoms with Crippen molar-refractivity contribution in [3.63, 3.8) is 0 Å². The van der Waals surface area contributed by atoms with Crippen molar-refractivity contribution in [2.45, 2.75) is 25.2 Å². The van der Waals surface area contributed by atoms with Gasteiger partial charge < -0.3 is 0 Å². The second kappa shape index (κ2) is 6.78.